The zero-order valence-electron chi connectivity index (χ0n) is 6.44. The van der Waals surface area contributed by atoms with Crippen LogP contribution >= 0.6 is 0 Å². The molecular weight excluding hydrogens is 96.1 g/mol. The molecule has 0 aromatic heterocycles. The van der Waals surface area contributed by atoms with E-state index >= 15 is 0 Å². The molecule has 0 aliphatic carbocycles. The lowest BCUT2D eigenvalue weighted by Gasteiger charge is -2.24. The molecule has 0 aromatic carbocycles. The molecule has 0 fully saturated rings. The Balaban J connectivity index is 3.46. The Morgan fingerprint density at radius 2 is 1.38 bits per heavy atom. The normalized spacial score (nSPS) is 18.8. The van der Waals surface area contributed by atoms with Crippen molar-refractivity contribution in [3.63, 3.8) is 0 Å². The van der Waals surface area contributed by atoms with Crippen molar-refractivity contribution in [1.29, 1.82) is 0 Å². The Labute approximate surface area is 53.3 Å². The van der Waals surface area contributed by atoms with Gasteiger partial charge in [-0.1, -0.05) is 33.6 Å². The van der Waals surface area contributed by atoms with Crippen LogP contribution in [0.25, 0.3) is 0 Å². The number of rotatable bonds is 2. The Morgan fingerprint density at radius 3 is 1.38 bits per heavy atom. The van der Waals surface area contributed by atoms with Gasteiger partial charge in [-0.3, -0.25) is 0 Å². The molecule has 0 nitrogen and oxygen atoms in total. The largest absolute Gasteiger partial charge is 0.340 e. The summed E-state index contributed by atoms with van der Waals surface area (Å²) >= 11 is 0. The molecular formula is C8H17-. The van der Waals surface area contributed by atoms with E-state index in [0.717, 1.165) is 11.8 Å². The van der Waals surface area contributed by atoms with Gasteiger partial charge in [-0.25, -0.2) is 0 Å². The minimum Gasteiger partial charge on any atom is -0.340 e. The second kappa shape index (κ2) is 3.11. The predicted molar refractivity (Wildman–Crippen MR) is 38.5 cm³/mol. The van der Waals surface area contributed by atoms with Gasteiger partial charge < -0.3 is 6.92 Å². The van der Waals surface area contributed by atoms with Crippen molar-refractivity contribution in [3.05, 3.63) is 6.92 Å². The summed E-state index contributed by atoms with van der Waals surface area (Å²) in [6, 6.07) is 0. The number of hydrogen-bond acceptors (Lipinski definition) is 0. The molecule has 0 N–H and O–H groups in total. The van der Waals surface area contributed by atoms with Crippen molar-refractivity contribution in [2.45, 2.75) is 27.7 Å². The Kier molecular flexibility index (Phi) is 3.11. The second-order valence-corrected chi connectivity index (χ2v) is 3.08. The highest BCUT2D eigenvalue weighted by Gasteiger charge is 2.05. The summed E-state index contributed by atoms with van der Waals surface area (Å²) in [5, 5.41) is 0. The average Bonchev–Trinajstić information content (AvgIpc) is 1.64. The van der Waals surface area contributed by atoms with Crippen LogP contribution in [0.1, 0.15) is 27.7 Å². The second-order valence-electron chi connectivity index (χ2n) is 3.08. The summed E-state index contributed by atoms with van der Waals surface area (Å²) in [7, 11) is 0. The lowest BCUT2D eigenvalue weighted by molar-refractivity contribution is 0.340. The van der Waals surface area contributed by atoms with Crippen molar-refractivity contribution >= 4 is 0 Å². The van der Waals surface area contributed by atoms with E-state index in [-0.39, 0.29) is 0 Å². The van der Waals surface area contributed by atoms with Crippen LogP contribution in [-0.4, -0.2) is 0 Å². The molecule has 0 aliphatic rings. The summed E-state index contributed by atoms with van der Waals surface area (Å²) in [6.45, 7) is 12.9. The molecule has 0 saturated carbocycles. The Bertz CT molecular complexity index is 45.1. The van der Waals surface area contributed by atoms with Gasteiger partial charge in [0.05, 0.1) is 0 Å². The van der Waals surface area contributed by atoms with Crippen molar-refractivity contribution in [2.75, 3.05) is 0 Å². The standard InChI is InChI=1S/C8H17/c1-6(2)8(5)7(3)4/h6-8H,1H2,2-5H3/q-1. The molecule has 2 unspecified atom stereocenters. The molecule has 0 aliphatic heterocycles. The van der Waals surface area contributed by atoms with Crippen LogP contribution in [0.4, 0.5) is 0 Å². The third-order valence-electron chi connectivity index (χ3n) is 1.95. The van der Waals surface area contributed by atoms with Crippen LogP contribution < -0.4 is 0 Å². The van der Waals surface area contributed by atoms with Crippen molar-refractivity contribution in [3.8, 4) is 0 Å². The zero-order chi connectivity index (χ0) is 6.73. The number of hydrogen-bond donors (Lipinski definition) is 0. The molecule has 2 atom stereocenters. The quantitative estimate of drug-likeness (QED) is 0.483. The summed E-state index contributed by atoms with van der Waals surface area (Å²) in [6.07, 6.45) is 0. The van der Waals surface area contributed by atoms with Crippen LogP contribution in [-0.2, 0) is 0 Å². The fourth-order valence-corrected chi connectivity index (χ4v) is 0.657. The molecule has 0 heteroatoms. The van der Waals surface area contributed by atoms with Crippen LogP contribution in [0.2, 0.25) is 0 Å². The molecule has 0 heterocycles. The first-order chi connectivity index (χ1) is 3.55. The Hall–Kier alpha value is 0. The molecule has 50 valence electrons. The Morgan fingerprint density at radius 1 is 1.00 bits per heavy atom. The highest BCUT2D eigenvalue weighted by atomic mass is 14.2. The van der Waals surface area contributed by atoms with Gasteiger partial charge in [0, 0.05) is 0 Å². The smallest absolute Gasteiger partial charge is 0.0468 e. The van der Waals surface area contributed by atoms with E-state index < -0.39 is 0 Å². The lowest BCUT2D eigenvalue weighted by Crippen LogP contribution is -2.10. The minimum absolute atomic E-state index is 0.593. The van der Waals surface area contributed by atoms with Crippen LogP contribution in [0.3, 0.4) is 0 Å². The van der Waals surface area contributed by atoms with Gasteiger partial charge >= 0.3 is 0 Å². The highest BCUT2D eigenvalue weighted by molar-refractivity contribution is 4.65. The summed E-state index contributed by atoms with van der Waals surface area (Å²) in [5.41, 5.74) is 0. The van der Waals surface area contributed by atoms with E-state index in [2.05, 4.69) is 34.6 Å². The maximum Gasteiger partial charge on any atom is -0.0468 e. The van der Waals surface area contributed by atoms with Crippen molar-refractivity contribution < 1.29 is 0 Å². The van der Waals surface area contributed by atoms with E-state index in [9.17, 15) is 0 Å². The van der Waals surface area contributed by atoms with Gasteiger partial charge in [-0.2, -0.15) is 5.92 Å². The van der Waals surface area contributed by atoms with Gasteiger partial charge in [-0.05, 0) is 5.92 Å². The maximum absolute atomic E-state index is 3.96. The van der Waals surface area contributed by atoms with Crippen molar-refractivity contribution in [1.82, 2.24) is 0 Å². The average molecular weight is 113 g/mol. The van der Waals surface area contributed by atoms with E-state index in [1.54, 1.807) is 0 Å². The van der Waals surface area contributed by atoms with E-state index in [4.69, 9.17) is 0 Å². The molecule has 8 heavy (non-hydrogen) atoms. The maximum atomic E-state index is 3.96. The highest BCUT2D eigenvalue weighted by Crippen LogP contribution is 2.18. The third-order valence-corrected chi connectivity index (χ3v) is 1.95. The molecule has 0 aromatic rings. The van der Waals surface area contributed by atoms with Crippen LogP contribution in [0.15, 0.2) is 0 Å². The summed E-state index contributed by atoms with van der Waals surface area (Å²) in [5.74, 6) is 2.13. The topological polar surface area (TPSA) is 0 Å². The van der Waals surface area contributed by atoms with E-state index in [1.165, 1.54) is 0 Å². The first-order valence-corrected chi connectivity index (χ1v) is 3.38. The summed E-state index contributed by atoms with van der Waals surface area (Å²) in [4.78, 5) is 0. The predicted octanol–water partition coefficient (Wildman–Crippen LogP) is 2.75. The molecule has 0 radical (unpaired) electrons. The van der Waals surface area contributed by atoms with Crippen molar-refractivity contribution in [2.24, 2.45) is 17.8 Å². The SMILES string of the molecule is [CH2-]C(C)C(C)C(C)C. The molecule has 0 bridgehead atoms. The zero-order valence-corrected chi connectivity index (χ0v) is 6.44. The molecule has 0 amide bonds. The van der Waals surface area contributed by atoms with Gasteiger partial charge in [0.2, 0.25) is 0 Å². The fourth-order valence-electron chi connectivity index (χ4n) is 0.657. The molecule has 0 rings (SSSR count). The van der Waals surface area contributed by atoms with Gasteiger partial charge in [0.15, 0.2) is 0 Å². The fraction of sp³-hybridized carbons (Fsp3) is 0.875. The first-order valence-electron chi connectivity index (χ1n) is 3.38. The van der Waals surface area contributed by atoms with E-state index in [1.807, 2.05) is 0 Å². The van der Waals surface area contributed by atoms with E-state index in [0.29, 0.717) is 5.92 Å². The third kappa shape index (κ3) is 2.34. The van der Waals surface area contributed by atoms with Crippen LogP contribution in [0.5, 0.6) is 0 Å². The minimum atomic E-state index is 0.593. The summed E-state index contributed by atoms with van der Waals surface area (Å²) < 4.78 is 0. The van der Waals surface area contributed by atoms with Gasteiger partial charge in [-0.15, -0.1) is 0 Å². The first kappa shape index (κ1) is 8.00. The monoisotopic (exact) mass is 113 g/mol. The molecule has 0 saturated heterocycles. The van der Waals surface area contributed by atoms with Gasteiger partial charge in [0.25, 0.3) is 0 Å². The molecule has 0 spiro atoms. The lowest BCUT2D eigenvalue weighted by atomic mass is 9.88. The van der Waals surface area contributed by atoms with Gasteiger partial charge in [0.1, 0.15) is 0 Å². The van der Waals surface area contributed by atoms with Crippen LogP contribution in [0, 0.1) is 24.7 Å².